The van der Waals surface area contributed by atoms with Crippen LogP contribution in [0.15, 0.2) is 71.4 Å². The van der Waals surface area contributed by atoms with Crippen LogP contribution in [0.4, 0.5) is 16.3 Å². The van der Waals surface area contributed by atoms with Crippen LogP contribution in [0, 0.1) is 12.8 Å². The highest BCUT2D eigenvalue weighted by atomic mass is 32.1. The van der Waals surface area contributed by atoms with Gasteiger partial charge in [-0.15, -0.1) is 0 Å². The van der Waals surface area contributed by atoms with E-state index in [4.69, 9.17) is 5.10 Å². The minimum atomic E-state index is -0.308. The lowest BCUT2D eigenvalue weighted by atomic mass is 9.89. The number of hydrogen-bond acceptors (Lipinski definition) is 4. The number of aryl methyl sites for hydroxylation is 1. The Morgan fingerprint density at radius 2 is 1.73 bits per heavy atom. The molecule has 3 heterocycles. The maximum atomic E-state index is 13.2. The van der Waals surface area contributed by atoms with Gasteiger partial charge in [0, 0.05) is 35.6 Å². The number of nitrogens with zero attached hydrogens (tertiary/aromatic N) is 3. The number of benzene rings is 2. The second-order valence-electron chi connectivity index (χ2n) is 11.6. The molecule has 1 saturated heterocycles. The monoisotopic (exact) mass is 555 g/mol. The van der Waals surface area contributed by atoms with Crippen molar-refractivity contribution in [3.05, 3.63) is 93.8 Å². The second kappa shape index (κ2) is 11.7. The smallest absolute Gasteiger partial charge is 0.324 e. The first-order valence-electron chi connectivity index (χ1n) is 13.8. The van der Waals surface area contributed by atoms with E-state index in [0.717, 1.165) is 66.1 Å². The number of thiophene rings is 1. The summed E-state index contributed by atoms with van der Waals surface area (Å²) in [4.78, 5) is 27.9. The van der Waals surface area contributed by atoms with Gasteiger partial charge in [-0.1, -0.05) is 56.7 Å². The van der Waals surface area contributed by atoms with Crippen molar-refractivity contribution in [3.8, 4) is 5.69 Å². The first-order chi connectivity index (χ1) is 19.2. The second-order valence-corrected chi connectivity index (χ2v) is 12.4. The number of nitrogens with one attached hydrogen (secondary N) is 2. The Morgan fingerprint density at radius 1 is 1.00 bits per heavy atom. The Bertz CT molecular complexity index is 1460. The lowest BCUT2D eigenvalue weighted by molar-refractivity contribution is 0.0691. The van der Waals surface area contributed by atoms with Gasteiger partial charge in [0.05, 0.1) is 16.9 Å². The van der Waals surface area contributed by atoms with E-state index in [0.29, 0.717) is 11.7 Å². The van der Waals surface area contributed by atoms with Crippen LogP contribution < -0.4 is 10.6 Å². The molecule has 5 rings (SSSR count). The van der Waals surface area contributed by atoms with Crippen molar-refractivity contribution in [2.75, 3.05) is 23.7 Å². The minimum absolute atomic E-state index is 0.123. The van der Waals surface area contributed by atoms with Crippen molar-refractivity contribution in [1.29, 1.82) is 0 Å². The molecule has 7 nitrogen and oxygen atoms in total. The fourth-order valence-electron chi connectivity index (χ4n) is 5.03. The van der Waals surface area contributed by atoms with E-state index >= 15 is 0 Å². The molecule has 2 aromatic carbocycles. The molecule has 40 heavy (non-hydrogen) atoms. The summed E-state index contributed by atoms with van der Waals surface area (Å²) in [6, 6.07) is 19.6. The van der Waals surface area contributed by atoms with Gasteiger partial charge < -0.3 is 10.2 Å². The molecule has 0 spiro atoms. The van der Waals surface area contributed by atoms with Gasteiger partial charge in [0.25, 0.3) is 5.91 Å². The number of urea groups is 1. The number of para-hydroxylation sites is 1. The Kier molecular flexibility index (Phi) is 8.07. The molecule has 1 aliphatic heterocycles. The number of likely N-dealkylation sites (tertiary alicyclic amines) is 1. The molecule has 2 aromatic heterocycles. The van der Waals surface area contributed by atoms with Crippen LogP contribution in [-0.4, -0.2) is 39.7 Å². The quantitative estimate of drug-likeness (QED) is 0.262. The molecule has 0 radical (unpaired) electrons. The number of carbonyl (C=O) groups excluding carboxylic acids is 2. The summed E-state index contributed by atoms with van der Waals surface area (Å²) < 4.78 is 1.79. The summed E-state index contributed by atoms with van der Waals surface area (Å²) in [5, 5.41) is 14.8. The van der Waals surface area contributed by atoms with Crippen LogP contribution in [0.5, 0.6) is 0 Å². The molecule has 0 unspecified atom stereocenters. The molecule has 208 valence electrons. The van der Waals surface area contributed by atoms with Crippen molar-refractivity contribution in [2.24, 2.45) is 5.92 Å². The first kappa shape index (κ1) is 27.6. The molecule has 4 aromatic rings. The summed E-state index contributed by atoms with van der Waals surface area (Å²) in [7, 11) is 0. The Balaban J connectivity index is 1.25. The topological polar surface area (TPSA) is 79.3 Å². The maximum absolute atomic E-state index is 13.2. The summed E-state index contributed by atoms with van der Waals surface area (Å²) in [5.41, 5.74) is 5.46. The fourth-order valence-corrected chi connectivity index (χ4v) is 5.66. The van der Waals surface area contributed by atoms with Gasteiger partial charge in [-0.05, 0) is 67.3 Å². The summed E-state index contributed by atoms with van der Waals surface area (Å²) >= 11 is 1.55. The van der Waals surface area contributed by atoms with E-state index in [1.54, 1.807) is 16.0 Å². The third kappa shape index (κ3) is 6.45. The molecule has 3 amide bonds. The number of rotatable bonds is 6. The number of anilines is 2. The average Bonchev–Trinajstić information content (AvgIpc) is 3.61. The highest BCUT2D eigenvalue weighted by Gasteiger charge is 2.25. The minimum Gasteiger partial charge on any atom is -0.339 e. The van der Waals surface area contributed by atoms with Gasteiger partial charge >= 0.3 is 6.03 Å². The number of carbonyl (C=O) groups is 2. The molecule has 0 atom stereocenters. The summed E-state index contributed by atoms with van der Waals surface area (Å²) in [6.07, 6.45) is 2.75. The molecule has 0 bridgehead atoms. The van der Waals surface area contributed by atoms with Crippen LogP contribution >= 0.6 is 11.3 Å². The van der Waals surface area contributed by atoms with Crippen LogP contribution in [0.2, 0.25) is 0 Å². The van der Waals surface area contributed by atoms with Crippen LogP contribution in [0.1, 0.15) is 60.8 Å². The molecule has 1 aliphatic rings. The van der Waals surface area contributed by atoms with Gasteiger partial charge in [-0.25, -0.2) is 9.48 Å². The van der Waals surface area contributed by atoms with Crippen molar-refractivity contribution < 1.29 is 9.59 Å². The zero-order chi connectivity index (χ0) is 28.3. The van der Waals surface area contributed by atoms with E-state index in [9.17, 15) is 9.59 Å². The number of amides is 3. The van der Waals surface area contributed by atoms with Gasteiger partial charge in [-0.2, -0.15) is 16.4 Å². The van der Waals surface area contributed by atoms with Crippen LogP contribution in [0.25, 0.3) is 5.69 Å². The fraction of sp³-hybridized carbons (Fsp3) is 0.344. The predicted molar refractivity (Wildman–Crippen MR) is 163 cm³/mol. The van der Waals surface area contributed by atoms with Gasteiger partial charge in [0.2, 0.25) is 0 Å². The highest BCUT2D eigenvalue weighted by Crippen LogP contribution is 2.29. The average molecular weight is 556 g/mol. The van der Waals surface area contributed by atoms with E-state index < -0.39 is 0 Å². The summed E-state index contributed by atoms with van der Waals surface area (Å²) in [5.74, 6) is 1.19. The predicted octanol–water partition coefficient (Wildman–Crippen LogP) is 7.28. The third-order valence-corrected chi connectivity index (χ3v) is 8.13. The van der Waals surface area contributed by atoms with Crippen molar-refractivity contribution in [3.63, 3.8) is 0 Å². The molecular formula is C32H37N5O2S. The van der Waals surface area contributed by atoms with E-state index in [1.165, 1.54) is 0 Å². The Labute approximate surface area is 240 Å². The van der Waals surface area contributed by atoms with Gasteiger partial charge in [0.15, 0.2) is 0 Å². The highest BCUT2D eigenvalue weighted by molar-refractivity contribution is 7.08. The lowest BCUT2D eigenvalue weighted by Gasteiger charge is -2.32. The molecule has 0 saturated carbocycles. The molecule has 8 heteroatoms. The van der Waals surface area contributed by atoms with Crippen molar-refractivity contribution >= 4 is 34.8 Å². The molecule has 2 N–H and O–H groups in total. The largest absolute Gasteiger partial charge is 0.339 e. The lowest BCUT2D eigenvalue weighted by Crippen LogP contribution is -2.38. The van der Waals surface area contributed by atoms with E-state index in [-0.39, 0.29) is 17.4 Å². The Hall–Kier alpha value is -3.91. The molecular weight excluding hydrogens is 518 g/mol. The first-order valence-corrected chi connectivity index (χ1v) is 14.8. The normalized spacial score (nSPS) is 14.2. The van der Waals surface area contributed by atoms with Gasteiger partial charge in [-0.3, -0.25) is 10.1 Å². The maximum Gasteiger partial charge on any atom is 0.324 e. The number of piperidine rings is 1. The Morgan fingerprint density at radius 3 is 2.40 bits per heavy atom. The van der Waals surface area contributed by atoms with E-state index in [2.05, 4.69) is 37.5 Å². The third-order valence-electron chi connectivity index (χ3n) is 7.44. The van der Waals surface area contributed by atoms with Crippen molar-refractivity contribution in [2.45, 2.75) is 52.4 Å². The standard InChI is InChI=1S/C32H37N5O2S/c1-22-9-11-26(12-10-22)37-29(20-28(35-37)32(2,3)4)34-31(39)33-27-8-6-5-7-24(27)19-23-13-16-36(17-14-23)30(38)25-15-18-40-21-25/h5-12,15,18,20-21,23H,13-14,16-17,19H2,1-4H3,(H2,33,34,39). The van der Waals surface area contributed by atoms with Crippen LogP contribution in [-0.2, 0) is 11.8 Å². The van der Waals surface area contributed by atoms with E-state index in [1.807, 2.05) is 77.2 Å². The zero-order valence-electron chi connectivity index (χ0n) is 23.6. The summed E-state index contributed by atoms with van der Waals surface area (Å²) in [6.45, 7) is 9.89. The number of aromatic nitrogens is 2. The molecule has 0 aliphatic carbocycles. The van der Waals surface area contributed by atoms with Crippen molar-refractivity contribution in [1.82, 2.24) is 14.7 Å². The SMILES string of the molecule is Cc1ccc(-n2nc(C(C)(C)C)cc2NC(=O)Nc2ccccc2CC2CCN(C(=O)c3ccsc3)CC2)cc1. The number of hydrogen-bond donors (Lipinski definition) is 2. The van der Waals surface area contributed by atoms with Crippen LogP contribution in [0.3, 0.4) is 0 Å². The molecule has 1 fully saturated rings. The zero-order valence-corrected chi connectivity index (χ0v) is 24.4. The van der Waals surface area contributed by atoms with Gasteiger partial charge in [0.1, 0.15) is 5.82 Å².